The van der Waals surface area contributed by atoms with Crippen molar-refractivity contribution < 1.29 is 17.7 Å². The maximum absolute atomic E-state index is 11.6. The molecule has 0 radical (unpaired) electrons. The molecule has 0 saturated carbocycles. The third-order valence-corrected chi connectivity index (χ3v) is 6.14. The van der Waals surface area contributed by atoms with E-state index in [0.717, 1.165) is 42.0 Å². The van der Waals surface area contributed by atoms with Crippen molar-refractivity contribution in [2.75, 3.05) is 10.7 Å². The fourth-order valence-electron chi connectivity index (χ4n) is 3.92. The van der Waals surface area contributed by atoms with E-state index in [1.807, 2.05) is 66.7 Å². The lowest BCUT2D eigenvalue weighted by Gasteiger charge is -2.38. The first-order valence-electron chi connectivity index (χ1n) is 10.5. The van der Waals surface area contributed by atoms with Crippen LogP contribution in [0.2, 0.25) is 0 Å². The molecule has 1 atom stereocenters. The number of rotatable bonds is 8. The van der Waals surface area contributed by atoms with Crippen LogP contribution in [0.5, 0.6) is 11.5 Å². The Hall–Kier alpha value is -2.90. The van der Waals surface area contributed by atoms with E-state index in [4.69, 9.17) is 9.72 Å². The first-order valence-corrected chi connectivity index (χ1v) is 12.1. The van der Waals surface area contributed by atoms with Crippen LogP contribution in [0, 0.1) is 0 Å². The summed E-state index contributed by atoms with van der Waals surface area (Å²) in [6, 6.07) is 20.8. The number of ether oxygens (including phenoxy) is 1. The van der Waals surface area contributed by atoms with Crippen molar-refractivity contribution in [1.82, 2.24) is 4.98 Å². The second kappa shape index (κ2) is 9.08. The van der Waals surface area contributed by atoms with Crippen LogP contribution in [0.15, 0.2) is 66.7 Å². The Morgan fingerprint density at radius 3 is 2.23 bits per heavy atom. The van der Waals surface area contributed by atoms with Gasteiger partial charge in [-0.2, -0.15) is 8.42 Å². The lowest BCUT2D eigenvalue weighted by atomic mass is 10.0. The average Bonchev–Trinajstić information content (AvgIpc) is 2.76. The molecule has 1 unspecified atom stereocenters. The highest BCUT2D eigenvalue weighted by atomic mass is 32.2. The van der Waals surface area contributed by atoms with Gasteiger partial charge in [0.15, 0.2) is 11.5 Å². The van der Waals surface area contributed by atoms with E-state index in [0.29, 0.717) is 11.5 Å². The fourth-order valence-corrected chi connectivity index (χ4v) is 4.44. The third-order valence-electron chi connectivity index (χ3n) is 5.39. The van der Waals surface area contributed by atoms with Crippen molar-refractivity contribution in [2.24, 2.45) is 0 Å². The predicted octanol–water partition coefficient (Wildman–Crippen LogP) is 5.69. The Labute approximate surface area is 183 Å². The summed E-state index contributed by atoms with van der Waals surface area (Å²) in [5.74, 6) is 1.03. The minimum Gasteiger partial charge on any atom is -0.453 e. The molecule has 0 bridgehead atoms. The van der Waals surface area contributed by atoms with Gasteiger partial charge in [0.05, 0.1) is 28.9 Å². The van der Waals surface area contributed by atoms with Crippen molar-refractivity contribution in [3.8, 4) is 11.5 Å². The van der Waals surface area contributed by atoms with Gasteiger partial charge in [-0.25, -0.2) is 0 Å². The first kappa shape index (κ1) is 21.3. The van der Waals surface area contributed by atoms with E-state index >= 15 is 0 Å². The van der Waals surface area contributed by atoms with Crippen LogP contribution in [0.25, 0.3) is 0 Å². The summed E-state index contributed by atoms with van der Waals surface area (Å²) in [4.78, 5) is 6.95. The number of pyridine rings is 1. The lowest BCUT2D eigenvalue weighted by Crippen LogP contribution is -2.29. The van der Waals surface area contributed by atoms with Gasteiger partial charge in [-0.3, -0.25) is 9.54 Å². The number of hydrogen-bond acceptors (Lipinski definition) is 5. The molecular formula is C24H26N2O4S. The van der Waals surface area contributed by atoms with Crippen LogP contribution in [-0.4, -0.2) is 23.7 Å². The van der Waals surface area contributed by atoms with E-state index in [1.54, 1.807) is 0 Å². The van der Waals surface area contributed by atoms with Gasteiger partial charge in [0.2, 0.25) is 0 Å². The number of anilines is 2. The van der Waals surface area contributed by atoms with Gasteiger partial charge < -0.3 is 9.64 Å². The molecule has 1 aliphatic heterocycles. The molecular weight excluding hydrogens is 412 g/mol. The minimum absolute atomic E-state index is 0.186. The monoisotopic (exact) mass is 438 g/mol. The molecule has 3 aromatic rings. The minimum atomic E-state index is -4.13. The van der Waals surface area contributed by atoms with Crippen LogP contribution in [0.3, 0.4) is 0 Å². The predicted molar refractivity (Wildman–Crippen MR) is 122 cm³/mol. The summed E-state index contributed by atoms with van der Waals surface area (Å²) in [5, 5.41) is 0. The van der Waals surface area contributed by atoms with E-state index in [2.05, 4.69) is 11.8 Å². The van der Waals surface area contributed by atoms with Gasteiger partial charge in [0.25, 0.3) is 10.1 Å². The molecule has 31 heavy (non-hydrogen) atoms. The molecule has 6 nitrogen and oxygen atoms in total. The zero-order valence-corrected chi connectivity index (χ0v) is 18.3. The van der Waals surface area contributed by atoms with Gasteiger partial charge in [0.1, 0.15) is 0 Å². The van der Waals surface area contributed by atoms with Gasteiger partial charge in [0, 0.05) is 5.69 Å². The molecule has 2 aromatic carbocycles. The number of aryl methyl sites for hydroxylation is 1. The molecule has 1 aromatic heterocycles. The Kier molecular flexibility index (Phi) is 6.25. The highest BCUT2D eigenvalue weighted by Crippen LogP contribution is 2.50. The summed E-state index contributed by atoms with van der Waals surface area (Å²) < 4.78 is 38.9. The van der Waals surface area contributed by atoms with Crippen molar-refractivity contribution in [1.29, 1.82) is 0 Å². The number of benzene rings is 2. The molecule has 1 N–H and O–H groups in total. The molecule has 1 aliphatic rings. The summed E-state index contributed by atoms with van der Waals surface area (Å²) in [5.41, 5.74) is 3.42. The maximum atomic E-state index is 11.6. The van der Waals surface area contributed by atoms with Crippen LogP contribution in [-0.2, 0) is 16.5 Å². The molecule has 162 valence electrons. The van der Waals surface area contributed by atoms with Crippen molar-refractivity contribution in [2.45, 2.75) is 38.6 Å². The Morgan fingerprint density at radius 2 is 1.61 bits per heavy atom. The quantitative estimate of drug-likeness (QED) is 0.455. The van der Waals surface area contributed by atoms with Crippen LogP contribution >= 0.6 is 0 Å². The van der Waals surface area contributed by atoms with E-state index in [9.17, 15) is 13.0 Å². The van der Waals surface area contributed by atoms with Crippen molar-refractivity contribution in [3.63, 3.8) is 0 Å². The second-order valence-corrected chi connectivity index (χ2v) is 9.23. The number of para-hydroxylation sites is 4. The van der Waals surface area contributed by atoms with Crippen LogP contribution in [0.4, 0.5) is 11.4 Å². The number of fused-ring (bicyclic) bond motifs is 2. The van der Waals surface area contributed by atoms with Crippen molar-refractivity contribution in [3.05, 3.63) is 78.1 Å². The fraction of sp³-hybridized carbons (Fsp3) is 0.292. The normalized spacial score (nSPS) is 13.8. The molecule has 0 amide bonds. The van der Waals surface area contributed by atoms with E-state index in [1.165, 1.54) is 0 Å². The summed E-state index contributed by atoms with van der Waals surface area (Å²) in [7, 11) is -4.13. The number of nitrogens with zero attached hydrogens (tertiary/aromatic N) is 2. The zero-order chi connectivity index (χ0) is 21.8. The molecule has 7 heteroatoms. The summed E-state index contributed by atoms with van der Waals surface area (Å²) in [6.45, 7) is 2.14. The highest BCUT2D eigenvalue weighted by Gasteiger charge is 2.32. The number of unbranched alkanes of at least 4 members (excludes halogenated alkanes) is 1. The average molecular weight is 439 g/mol. The molecule has 0 fully saturated rings. The lowest BCUT2D eigenvalue weighted by molar-refractivity contribution is 0.460. The summed E-state index contributed by atoms with van der Waals surface area (Å²) >= 11 is 0. The highest BCUT2D eigenvalue weighted by molar-refractivity contribution is 7.85. The van der Waals surface area contributed by atoms with E-state index in [-0.39, 0.29) is 12.2 Å². The molecule has 0 aliphatic carbocycles. The maximum Gasteiger partial charge on any atom is 0.264 e. The molecule has 2 heterocycles. The van der Waals surface area contributed by atoms with Crippen LogP contribution < -0.4 is 9.64 Å². The Morgan fingerprint density at radius 1 is 0.968 bits per heavy atom. The standard InChI is InChI=1S/C24H26N2O4S/c1-2-3-9-18-10-8-11-19(25-18)20(16-17-31(27,28)29)26-21-12-4-6-14-23(21)30-24-15-7-5-13-22(24)26/h4-8,10-15,20H,2-3,9,16-17H2,1H3,(H,27,28,29). The van der Waals surface area contributed by atoms with E-state index < -0.39 is 16.2 Å². The zero-order valence-electron chi connectivity index (χ0n) is 17.4. The molecule has 4 rings (SSSR count). The molecule has 0 spiro atoms. The molecule has 0 saturated heterocycles. The third kappa shape index (κ3) is 4.89. The van der Waals surface area contributed by atoms with Gasteiger partial charge >= 0.3 is 0 Å². The Balaban J connectivity index is 1.83. The SMILES string of the molecule is CCCCc1cccc(C(CCS(=O)(=O)O)N2c3ccccc3Oc3ccccc32)n1. The number of aromatic nitrogens is 1. The Bertz CT molecular complexity index is 1120. The second-order valence-electron chi connectivity index (χ2n) is 7.66. The first-order chi connectivity index (χ1) is 15.0. The topological polar surface area (TPSA) is 79.7 Å². The number of hydrogen-bond donors (Lipinski definition) is 1. The smallest absolute Gasteiger partial charge is 0.264 e. The summed E-state index contributed by atoms with van der Waals surface area (Å²) in [6.07, 6.45) is 3.16. The van der Waals surface area contributed by atoms with Crippen LogP contribution in [0.1, 0.15) is 43.6 Å². The largest absolute Gasteiger partial charge is 0.453 e. The van der Waals surface area contributed by atoms with Crippen molar-refractivity contribution >= 4 is 21.5 Å². The van der Waals surface area contributed by atoms with Gasteiger partial charge in [-0.15, -0.1) is 0 Å². The van der Waals surface area contributed by atoms with Gasteiger partial charge in [-0.05, 0) is 55.7 Å². The van der Waals surface area contributed by atoms with Gasteiger partial charge in [-0.1, -0.05) is 43.7 Å².